The fraction of sp³-hybridized carbons (Fsp3) is 1.00. The van der Waals surface area contributed by atoms with Crippen molar-refractivity contribution in [2.75, 3.05) is 19.8 Å². The molecule has 0 aliphatic carbocycles. The predicted octanol–water partition coefficient (Wildman–Crippen LogP) is 1.26. The van der Waals surface area contributed by atoms with Crippen molar-refractivity contribution >= 4 is 0 Å². The number of likely N-dealkylation sites (tertiary alicyclic amines) is 1. The van der Waals surface area contributed by atoms with Gasteiger partial charge in [0.25, 0.3) is 0 Å². The minimum Gasteiger partial charge on any atom is -0.381 e. The molecule has 2 heteroatoms. The maximum Gasteiger partial charge on any atom is 0.0480 e. The molecule has 0 N–H and O–H groups in total. The van der Waals surface area contributed by atoms with E-state index in [1.165, 1.54) is 25.8 Å². The molecule has 0 spiro atoms. The molecule has 1 atom stereocenters. The molecule has 2 rings (SSSR count). The number of nitrogens with zero attached hydrogens (tertiary/aromatic N) is 1. The van der Waals surface area contributed by atoms with Gasteiger partial charge in [-0.15, -0.1) is 0 Å². The zero-order valence-corrected chi connectivity index (χ0v) is 7.25. The monoisotopic (exact) mass is 155 g/mol. The summed E-state index contributed by atoms with van der Waals surface area (Å²) in [5.74, 6) is 0. The molecule has 2 nitrogen and oxygen atoms in total. The summed E-state index contributed by atoms with van der Waals surface area (Å²) in [5, 5.41) is 0. The van der Waals surface area contributed by atoms with E-state index >= 15 is 0 Å². The van der Waals surface area contributed by atoms with Crippen molar-refractivity contribution < 1.29 is 4.74 Å². The van der Waals surface area contributed by atoms with E-state index in [2.05, 4.69) is 11.8 Å². The van der Waals surface area contributed by atoms with Crippen LogP contribution >= 0.6 is 0 Å². The van der Waals surface area contributed by atoms with Crippen LogP contribution in [0, 0.1) is 0 Å². The van der Waals surface area contributed by atoms with Crippen molar-refractivity contribution in [3.8, 4) is 0 Å². The van der Waals surface area contributed by atoms with E-state index in [0.717, 1.165) is 25.3 Å². The molecule has 2 heterocycles. The van der Waals surface area contributed by atoms with Crippen molar-refractivity contribution in [1.29, 1.82) is 0 Å². The van der Waals surface area contributed by atoms with Gasteiger partial charge in [-0.3, -0.25) is 4.90 Å². The molecule has 2 aliphatic rings. The maximum atomic E-state index is 5.33. The molecule has 64 valence electrons. The van der Waals surface area contributed by atoms with Crippen LogP contribution in [-0.2, 0) is 4.74 Å². The third-order valence-electron chi connectivity index (χ3n) is 3.03. The van der Waals surface area contributed by atoms with Gasteiger partial charge in [0.05, 0.1) is 0 Å². The van der Waals surface area contributed by atoms with E-state index in [1.54, 1.807) is 0 Å². The number of hydrogen-bond acceptors (Lipinski definition) is 2. The lowest BCUT2D eigenvalue weighted by Gasteiger charge is -2.45. The van der Waals surface area contributed by atoms with Gasteiger partial charge in [0.1, 0.15) is 0 Å². The molecule has 0 aromatic carbocycles. The fourth-order valence-electron chi connectivity index (χ4n) is 2.10. The average Bonchev–Trinajstić information content (AvgIpc) is 2.04. The first-order chi connectivity index (χ1) is 5.38. The van der Waals surface area contributed by atoms with Gasteiger partial charge in [-0.1, -0.05) is 0 Å². The lowest BCUT2D eigenvalue weighted by Crippen LogP contribution is -2.53. The summed E-state index contributed by atoms with van der Waals surface area (Å²) in [4.78, 5) is 2.63. The van der Waals surface area contributed by atoms with Gasteiger partial charge < -0.3 is 4.74 Å². The highest BCUT2D eigenvalue weighted by Crippen LogP contribution is 2.25. The SMILES string of the molecule is CC1CCN1C1CCOCC1. The normalized spacial score (nSPS) is 35.2. The highest BCUT2D eigenvalue weighted by Gasteiger charge is 2.31. The molecule has 2 saturated heterocycles. The first-order valence-corrected chi connectivity index (χ1v) is 4.71. The van der Waals surface area contributed by atoms with Gasteiger partial charge in [0.15, 0.2) is 0 Å². The minimum absolute atomic E-state index is 0.840. The Kier molecular flexibility index (Phi) is 2.14. The number of rotatable bonds is 1. The second kappa shape index (κ2) is 3.11. The number of ether oxygens (including phenoxy) is 1. The molecule has 1 unspecified atom stereocenters. The zero-order valence-electron chi connectivity index (χ0n) is 7.25. The highest BCUT2D eigenvalue weighted by molar-refractivity contribution is 4.86. The van der Waals surface area contributed by atoms with Crippen LogP contribution in [0.3, 0.4) is 0 Å². The Morgan fingerprint density at radius 1 is 1.18 bits per heavy atom. The standard InChI is InChI=1S/C9H17NO/c1-8-2-5-10(8)9-3-6-11-7-4-9/h8-9H,2-7H2,1H3. The quantitative estimate of drug-likeness (QED) is 0.565. The first-order valence-electron chi connectivity index (χ1n) is 4.71. The topological polar surface area (TPSA) is 12.5 Å². The van der Waals surface area contributed by atoms with Gasteiger partial charge in [-0.05, 0) is 26.2 Å². The van der Waals surface area contributed by atoms with Crippen LogP contribution in [0.1, 0.15) is 26.2 Å². The average molecular weight is 155 g/mol. The Balaban J connectivity index is 1.83. The van der Waals surface area contributed by atoms with E-state index in [0.29, 0.717) is 0 Å². The molecule has 0 bridgehead atoms. The summed E-state index contributed by atoms with van der Waals surface area (Å²) >= 11 is 0. The van der Waals surface area contributed by atoms with Crippen molar-refractivity contribution in [2.24, 2.45) is 0 Å². The van der Waals surface area contributed by atoms with Gasteiger partial charge in [0, 0.05) is 31.8 Å². The van der Waals surface area contributed by atoms with E-state index in [9.17, 15) is 0 Å². The Bertz CT molecular complexity index is 132. The summed E-state index contributed by atoms with van der Waals surface area (Å²) < 4.78 is 5.33. The van der Waals surface area contributed by atoms with Crippen molar-refractivity contribution in [2.45, 2.75) is 38.3 Å². The third-order valence-corrected chi connectivity index (χ3v) is 3.03. The van der Waals surface area contributed by atoms with Crippen LogP contribution in [0.15, 0.2) is 0 Å². The van der Waals surface area contributed by atoms with Crippen LogP contribution < -0.4 is 0 Å². The van der Waals surface area contributed by atoms with Crippen molar-refractivity contribution in [1.82, 2.24) is 4.90 Å². The Labute approximate surface area is 68.5 Å². The zero-order chi connectivity index (χ0) is 7.68. The lowest BCUT2D eigenvalue weighted by atomic mass is 9.97. The summed E-state index contributed by atoms with van der Waals surface area (Å²) in [5.41, 5.74) is 0. The molecule has 0 amide bonds. The fourth-order valence-corrected chi connectivity index (χ4v) is 2.10. The van der Waals surface area contributed by atoms with E-state index in [1.807, 2.05) is 0 Å². The first kappa shape index (κ1) is 7.56. The Morgan fingerprint density at radius 2 is 1.91 bits per heavy atom. The second-order valence-corrected chi connectivity index (χ2v) is 3.72. The molecule has 0 radical (unpaired) electrons. The molecular weight excluding hydrogens is 138 g/mol. The van der Waals surface area contributed by atoms with Gasteiger partial charge in [0.2, 0.25) is 0 Å². The molecule has 0 saturated carbocycles. The molecule has 2 fully saturated rings. The van der Waals surface area contributed by atoms with E-state index in [4.69, 9.17) is 4.74 Å². The van der Waals surface area contributed by atoms with E-state index in [-0.39, 0.29) is 0 Å². The van der Waals surface area contributed by atoms with Gasteiger partial charge >= 0.3 is 0 Å². The minimum atomic E-state index is 0.840. The summed E-state index contributed by atoms with van der Waals surface area (Å²) in [7, 11) is 0. The number of hydrogen-bond donors (Lipinski definition) is 0. The molecule has 11 heavy (non-hydrogen) atoms. The Morgan fingerprint density at radius 3 is 2.36 bits per heavy atom. The summed E-state index contributed by atoms with van der Waals surface area (Å²) in [6.07, 6.45) is 3.91. The van der Waals surface area contributed by atoms with Crippen molar-refractivity contribution in [3.63, 3.8) is 0 Å². The van der Waals surface area contributed by atoms with Gasteiger partial charge in [-0.25, -0.2) is 0 Å². The maximum absolute atomic E-state index is 5.33. The van der Waals surface area contributed by atoms with Crippen LogP contribution in [0.2, 0.25) is 0 Å². The predicted molar refractivity (Wildman–Crippen MR) is 44.6 cm³/mol. The second-order valence-electron chi connectivity index (χ2n) is 3.72. The molecule has 0 aromatic rings. The Hall–Kier alpha value is -0.0800. The van der Waals surface area contributed by atoms with Crippen LogP contribution in [0.25, 0.3) is 0 Å². The molecule has 2 aliphatic heterocycles. The molecule has 0 aromatic heterocycles. The lowest BCUT2D eigenvalue weighted by molar-refractivity contribution is -0.0172. The van der Waals surface area contributed by atoms with E-state index < -0.39 is 0 Å². The molecular formula is C9H17NO. The van der Waals surface area contributed by atoms with Gasteiger partial charge in [-0.2, -0.15) is 0 Å². The van der Waals surface area contributed by atoms with Crippen LogP contribution in [-0.4, -0.2) is 36.7 Å². The summed E-state index contributed by atoms with van der Waals surface area (Å²) in [6.45, 7) is 5.62. The van der Waals surface area contributed by atoms with Crippen LogP contribution in [0.5, 0.6) is 0 Å². The highest BCUT2D eigenvalue weighted by atomic mass is 16.5. The van der Waals surface area contributed by atoms with Crippen LogP contribution in [0.4, 0.5) is 0 Å². The summed E-state index contributed by atoms with van der Waals surface area (Å²) in [6, 6.07) is 1.69. The van der Waals surface area contributed by atoms with Crippen molar-refractivity contribution in [3.05, 3.63) is 0 Å². The largest absolute Gasteiger partial charge is 0.381 e. The third kappa shape index (κ3) is 1.42. The smallest absolute Gasteiger partial charge is 0.0480 e.